The second-order valence-corrected chi connectivity index (χ2v) is 6.54. The fourth-order valence-electron chi connectivity index (χ4n) is 2.89. The molecule has 0 saturated carbocycles. The van der Waals surface area contributed by atoms with Gasteiger partial charge in [-0.1, -0.05) is 29.8 Å². The number of benzene rings is 1. The molecule has 25 heavy (non-hydrogen) atoms. The highest BCUT2D eigenvalue weighted by molar-refractivity contribution is 6.31. The quantitative estimate of drug-likeness (QED) is 0.663. The van der Waals surface area contributed by atoms with Crippen molar-refractivity contribution in [3.05, 3.63) is 59.9 Å². The molecule has 1 heterocycles. The molecule has 1 amide bonds. The van der Waals surface area contributed by atoms with Crippen LogP contribution < -0.4 is 0 Å². The second kappa shape index (κ2) is 9.70. The molecule has 0 N–H and O–H groups in total. The Labute approximate surface area is 154 Å². The number of halogens is 2. The van der Waals surface area contributed by atoms with Crippen molar-refractivity contribution < 1.29 is 9.18 Å². The molecule has 136 valence electrons. The molecule has 1 aromatic carbocycles. The summed E-state index contributed by atoms with van der Waals surface area (Å²) in [5.74, 6) is -0.194. The van der Waals surface area contributed by atoms with Crippen LogP contribution in [0.3, 0.4) is 0 Å². The molecule has 0 aromatic heterocycles. The molecule has 1 fully saturated rings. The zero-order valence-electron chi connectivity index (χ0n) is 14.5. The maximum atomic E-state index is 13.9. The zero-order valence-corrected chi connectivity index (χ0v) is 15.2. The van der Waals surface area contributed by atoms with Gasteiger partial charge in [0.1, 0.15) is 5.82 Å². The fourth-order valence-corrected chi connectivity index (χ4v) is 3.12. The van der Waals surface area contributed by atoms with E-state index in [0.717, 1.165) is 26.2 Å². The standard InChI is InChI=1S/C19H25ClFN3O/c1-3-8-24(9-4-2)19(25)15-23-12-10-22(11-13-23)14-16-17(20)6-5-7-18(16)21/h3-7H,1-2,8-15H2. The Balaban J connectivity index is 1.84. The molecule has 0 unspecified atom stereocenters. The number of amides is 1. The van der Waals surface area contributed by atoms with Gasteiger partial charge in [0.15, 0.2) is 0 Å². The van der Waals surface area contributed by atoms with Crippen LogP contribution >= 0.6 is 11.6 Å². The summed E-state index contributed by atoms with van der Waals surface area (Å²) >= 11 is 6.10. The van der Waals surface area contributed by atoms with E-state index in [9.17, 15) is 9.18 Å². The summed E-state index contributed by atoms with van der Waals surface area (Å²) in [5.41, 5.74) is 0.539. The van der Waals surface area contributed by atoms with Crippen molar-refractivity contribution in [2.24, 2.45) is 0 Å². The minimum atomic E-state index is -0.269. The summed E-state index contributed by atoms with van der Waals surface area (Å²) in [5, 5.41) is 0.460. The monoisotopic (exact) mass is 365 g/mol. The Kier molecular flexibility index (Phi) is 7.62. The van der Waals surface area contributed by atoms with Gasteiger partial charge in [0.05, 0.1) is 6.54 Å². The largest absolute Gasteiger partial charge is 0.334 e. The lowest BCUT2D eigenvalue weighted by molar-refractivity contribution is -0.131. The van der Waals surface area contributed by atoms with Gasteiger partial charge in [-0.25, -0.2) is 4.39 Å². The first-order valence-electron chi connectivity index (χ1n) is 8.42. The summed E-state index contributed by atoms with van der Waals surface area (Å²) in [6.07, 6.45) is 3.44. The van der Waals surface area contributed by atoms with Gasteiger partial charge in [0.2, 0.25) is 5.91 Å². The van der Waals surface area contributed by atoms with E-state index in [1.807, 2.05) is 0 Å². The van der Waals surface area contributed by atoms with Gasteiger partial charge in [-0.15, -0.1) is 13.2 Å². The molecule has 1 aliphatic rings. The van der Waals surface area contributed by atoms with Crippen LogP contribution in [0.15, 0.2) is 43.5 Å². The third-order valence-corrected chi connectivity index (χ3v) is 4.67. The molecule has 1 aromatic rings. The predicted octanol–water partition coefficient (Wildman–Crippen LogP) is 2.80. The molecule has 1 saturated heterocycles. The lowest BCUT2D eigenvalue weighted by Crippen LogP contribution is -2.49. The van der Waals surface area contributed by atoms with Crippen LogP contribution in [0, 0.1) is 5.82 Å². The van der Waals surface area contributed by atoms with Crippen molar-refractivity contribution in [2.45, 2.75) is 6.54 Å². The maximum absolute atomic E-state index is 13.9. The Hall–Kier alpha value is -1.69. The van der Waals surface area contributed by atoms with Crippen molar-refractivity contribution >= 4 is 17.5 Å². The van der Waals surface area contributed by atoms with Crippen LogP contribution in [0.5, 0.6) is 0 Å². The third kappa shape index (κ3) is 5.66. The first kappa shape index (κ1) is 19.6. The van der Waals surface area contributed by atoms with Crippen LogP contribution in [0.25, 0.3) is 0 Å². The van der Waals surface area contributed by atoms with Crippen LogP contribution in [-0.4, -0.2) is 66.4 Å². The molecule has 4 nitrogen and oxygen atoms in total. The van der Waals surface area contributed by atoms with E-state index in [2.05, 4.69) is 23.0 Å². The van der Waals surface area contributed by atoms with Crippen molar-refractivity contribution in [1.82, 2.24) is 14.7 Å². The average molecular weight is 366 g/mol. The van der Waals surface area contributed by atoms with Crippen molar-refractivity contribution in [3.63, 3.8) is 0 Å². The first-order valence-corrected chi connectivity index (χ1v) is 8.80. The van der Waals surface area contributed by atoms with E-state index in [4.69, 9.17) is 11.6 Å². The van der Waals surface area contributed by atoms with E-state index in [-0.39, 0.29) is 11.7 Å². The highest BCUT2D eigenvalue weighted by Crippen LogP contribution is 2.21. The highest BCUT2D eigenvalue weighted by atomic mass is 35.5. The Bertz CT molecular complexity index is 584. The van der Waals surface area contributed by atoms with Gasteiger partial charge in [-0.3, -0.25) is 14.6 Å². The number of hydrogen-bond donors (Lipinski definition) is 0. The molecular weight excluding hydrogens is 341 g/mol. The molecule has 0 spiro atoms. The van der Waals surface area contributed by atoms with Gasteiger partial charge in [0.25, 0.3) is 0 Å². The summed E-state index contributed by atoms with van der Waals surface area (Å²) in [4.78, 5) is 18.4. The van der Waals surface area contributed by atoms with Gasteiger partial charge < -0.3 is 4.90 Å². The fraction of sp³-hybridized carbons (Fsp3) is 0.421. The Morgan fingerprint density at radius 2 is 1.76 bits per heavy atom. The van der Waals surface area contributed by atoms with Gasteiger partial charge in [0, 0.05) is 56.4 Å². The SMILES string of the molecule is C=CCN(CC=C)C(=O)CN1CCN(Cc2c(F)cccc2Cl)CC1. The van der Waals surface area contributed by atoms with E-state index in [1.54, 1.807) is 29.2 Å². The summed E-state index contributed by atoms with van der Waals surface area (Å²) < 4.78 is 13.9. The number of hydrogen-bond acceptors (Lipinski definition) is 3. The van der Waals surface area contributed by atoms with Crippen molar-refractivity contribution in [3.8, 4) is 0 Å². The van der Waals surface area contributed by atoms with Crippen LogP contribution in [0.4, 0.5) is 4.39 Å². The molecular formula is C19H25ClFN3O. The average Bonchev–Trinajstić information content (AvgIpc) is 2.59. The lowest BCUT2D eigenvalue weighted by atomic mass is 10.2. The van der Waals surface area contributed by atoms with Crippen molar-refractivity contribution in [2.75, 3.05) is 45.8 Å². The van der Waals surface area contributed by atoms with Gasteiger partial charge in [-0.2, -0.15) is 0 Å². The third-order valence-electron chi connectivity index (χ3n) is 4.32. The van der Waals surface area contributed by atoms with Crippen LogP contribution in [0.2, 0.25) is 5.02 Å². The molecule has 6 heteroatoms. The molecule has 0 radical (unpaired) electrons. The Morgan fingerprint density at radius 1 is 1.16 bits per heavy atom. The molecule has 0 aliphatic carbocycles. The number of piperazine rings is 1. The maximum Gasteiger partial charge on any atom is 0.237 e. The summed E-state index contributed by atoms with van der Waals surface area (Å²) in [6, 6.07) is 4.76. The van der Waals surface area contributed by atoms with Gasteiger partial charge in [-0.05, 0) is 12.1 Å². The number of carbonyl (C=O) groups excluding carboxylic acids is 1. The van der Waals surface area contributed by atoms with Gasteiger partial charge >= 0.3 is 0 Å². The minimum absolute atomic E-state index is 0.0744. The minimum Gasteiger partial charge on any atom is -0.334 e. The molecule has 0 bridgehead atoms. The smallest absolute Gasteiger partial charge is 0.237 e. The summed E-state index contributed by atoms with van der Waals surface area (Å²) in [6.45, 7) is 12.4. The van der Waals surface area contributed by atoms with E-state index in [1.165, 1.54) is 6.07 Å². The predicted molar refractivity (Wildman–Crippen MR) is 100 cm³/mol. The number of nitrogens with zero attached hydrogens (tertiary/aromatic N) is 3. The van der Waals surface area contributed by atoms with Crippen molar-refractivity contribution in [1.29, 1.82) is 0 Å². The van der Waals surface area contributed by atoms with E-state index >= 15 is 0 Å². The van der Waals surface area contributed by atoms with E-state index in [0.29, 0.717) is 36.8 Å². The second-order valence-electron chi connectivity index (χ2n) is 6.13. The molecule has 0 atom stereocenters. The number of carbonyl (C=O) groups is 1. The topological polar surface area (TPSA) is 26.8 Å². The lowest BCUT2D eigenvalue weighted by Gasteiger charge is -2.35. The van der Waals surface area contributed by atoms with E-state index < -0.39 is 0 Å². The Morgan fingerprint density at radius 3 is 2.32 bits per heavy atom. The normalized spacial score (nSPS) is 15.8. The first-order chi connectivity index (χ1) is 12.0. The highest BCUT2D eigenvalue weighted by Gasteiger charge is 2.22. The molecule has 2 rings (SSSR count). The van der Waals surface area contributed by atoms with Crippen LogP contribution in [-0.2, 0) is 11.3 Å². The zero-order chi connectivity index (χ0) is 18.2. The molecule has 1 aliphatic heterocycles. The number of rotatable bonds is 8. The summed E-state index contributed by atoms with van der Waals surface area (Å²) in [7, 11) is 0. The van der Waals surface area contributed by atoms with Crippen LogP contribution in [0.1, 0.15) is 5.56 Å².